The molecule has 0 saturated heterocycles. The predicted octanol–water partition coefficient (Wildman–Crippen LogP) is 6.86. The van der Waals surface area contributed by atoms with Crippen molar-refractivity contribution >= 4 is 34.2 Å². The van der Waals surface area contributed by atoms with Crippen LogP contribution in [0.1, 0.15) is 93.5 Å². The minimum Gasteiger partial charge on any atom is -0.481 e. The highest BCUT2D eigenvalue weighted by Gasteiger charge is 2.36. The van der Waals surface area contributed by atoms with Gasteiger partial charge in [-0.25, -0.2) is 4.79 Å². The van der Waals surface area contributed by atoms with E-state index in [9.17, 15) is 19.5 Å². The predicted molar refractivity (Wildman–Crippen MR) is 138 cm³/mol. The quantitative estimate of drug-likeness (QED) is 0.408. The fraction of sp³-hybridized carbons (Fsp3) is 0.536. The van der Waals surface area contributed by atoms with Crippen LogP contribution in [0.3, 0.4) is 0 Å². The molecule has 2 aliphatic rings. The second-order valence-corrected chi connectivity index (χ2v) is 11.0. The summed E-state index contributed by atoms with van der Waals surface area (Å²) in [5.74, 6) is -2.46. The maximum atomic E-state index is 13.1. The van der Waals surface area contributed by atoms with E-state index < -0.39 is 23.8 Å². The topological polar surface area (TPSA) is 92.7 Å². The molecule has 2 saturated carbocycles. The standard InChI is InChI=1S/C28H35NO5S/c1-17(2)34-28(33)24-23(20-14-12-19(13-15-20)18-8-4-3-5-9-18)16-35-26(24)29-25(30)21-10-6-7-11-22(21)27(31)32/h12-18,21-22H,3-11H2,1-2H3,(H,29,30)(H,31,32)/t21-,22+/m0/s1. The summed E-state index contributed by atoms with van der Waals surface area (Å²) in [6.45, 7) is 3.58. The molecule has 0 bridgehead atoms. The second-order valence-electron chi connectivity index (χ2n) is 10.1. The number of esters is 1. The third kappa shape index (κ3) is 5.95. The fourth-order valence-electron chi connectivity index (χ4n) is 5.45. The van der Waals surface area contributed by atoms with E-state index in [1.807, 2.05) is 17.5 Å². The number of thiophene rings is 1. The van der Waals surface area contributed by atoms with Gasteiger partial charge in [0.1, 0.15) is 10.6 Å². The molecule has 188 valence electrons. The van der Waals surface area contributed by atoms with Crippen LogP contribution >= 0.6 is 11.3 Å². The van der Waals surface area contributed by atoms with Gasteiger partial charge in [0.05, 0.1) is 17.9 Å². The number of amides is 1. The van der Waals surface area contributed by atoms with Crippen molar-refractivity contribution in [2.45, 2.75) is 83.7 Å². The molecule has 0 unspecified atom stereocenters. The summed E-state index contributed by atoms with van der Waals surface area (Å²) >= 11 is 1.28. The van der Waals surface area contributed by atoms with Crippen LogP contribution in [-0.4, -0.2) is 29.1 Å². The lowest BCUT2D eigenvalue weighted by atomic mass is 9.78. The summed E-state index contributed by atoms with van der Waals surface area (Å²) in [5.41, 5.74) is 3.30. The van der Waals surface area contributed by atoms with Gasteiger partial charge in [-0.3, -0.25) is 9.59 Å². The molecule has 2 fully saturated rings. The minimum atomic E-state index is -0.936. The van der Waals surface area contributed by atoms with Crippen molar-refractivity contribution in [3.8, 4) is 11.1 Å². The smallest absolute Gasteiger partial charge is 0.342 e. The van der Waals surface area contributed by atoms with Crippen LogP contribution in [0, 0.1) is 11.8 Å². The molecule has 2 atom stereocenters. The molecular formula is C28H35NO5S. The zero-order valence-corrected chi connectivity index (χ0v) is 21.4. The summed E-state index contributed by atoms with van der Waals surface area (Å²) in [4.78, 5) is 37.9. The van der Waals surface area contributed by atoms with E-state index >= 15 is 0 Å². The largest absolute Gasteiger partial charge is 0.481 e. The molecule has 2 aromatic rings. The maximum absolute atomic E-state index is 13.1. The minimum absolute atomic E-state index is 0.304. The highest BCUT2D eigenvalue weighted by atomic mass is 32.1. The first-order valence-electron chi connectivity index (χ1n) is 12.8. The second kappa shape index (κ2) is 11.4. The molecule has 2 N–H and O–H groups in total. The van der Waals surface area contributed by atoms with Crippen molar-refractivity contribution in [3.05, 3.63) is 40.8 Å². The lowest BCUT2D eigenvalue weighted by Crippen LogP contribution is -2.36. The third-order valence-corrected chi connectivity index (χ3v) is 8.19. The monoisotopic (exact) mass is 497 g/mol. The number of rotatable bonds is 7. The average molecular weight is 498 g/mol. The summed E-state index contributed by atoms with van der Waals surface area (Å²) in [6, 6.07) is 8.40. The number of carboxylic acids is 1. The Labute approximate surface area is 211 Å². The van der Waals surface area contributed by atoms with Gasteiger partial charge in [0.2, 0.25) is 5.91 Å². The Morgan fingerprint density at radius 1 is 0.943 bits per heavy atom. The Morgan fingerprint density at radius 2 is 1.57 bits per heavy atom. The number of nitrogens with one attached hydrogen (secondary N) is 1. The van der Waals surface area contributed by atoms with Crippen LogP contribution in [0.25, 0.3) is 11.1 Å². The van der Waals surface area contributed by atoms with Gasteiger partial charge < -0.3 is 15.2 Å². The van der Waals surface area contributed by atoms with E-state index in [4.69, 9.17) is 4.74 Å². The number of carboxylic acid groups (broad SMARTS) is 1. The summed E-state index contributed by atoms with van der Waals surface area (Å²) in [6.07, 6.45) is 8.67. The number of ether oxygens (including phenoxy) is 1. The molecule has 2 aliphatic carbocycles. The lowest BCUT2D eigenvalue weighted by molar-refractivity contribution is -0.147. The van der Waals surface area contributed by atoms with E-state index in [0.29, 0.717) is 29.3 Å². The van der Waals surface area contributed by atoms with E-state index in [0.717, 1.165) is 24.0 Å². The first-order chi connectivity index (χ1) is 16.8. The van der Waals surface area contributed by atoms with Crippen LogP contribution in [0.5, 0.6) is 0 Å². The molecule has 7 heteroatoms. The van der Waals surface area contributed by atoms with Gasteiger partial charge in [-0.1, -0.05) is 56.4 Å². The van der Waals surface area contributed by atoms with Crippen LogP contribution in [0.2, 0.25) is 0 Å². The molecule has 0 aliphatic heterocycles. The van der Waals surface area contributed by atoms with Crippen molar-refractivity contribution in [1.82, 2.24) is 0 Å². The van der Waals surface area contributed by atoms with Gasteiger partial charge in [-0.2, -0.15) is 0 Å². The number of anilines is 1. The SMILES string of the molecule is CC(C)OC(=O)c1c(-c2ccc(C3CCCCC3)cc2)csc1NC(=O)[C@H]1CCCC[C@H]1C(=O)O. The highest BCUT2D eigenvalue weighted by molar-refractivity contribution is 7.15. The fourth-order valence-corrected chi connectivity index (χ4v) is 6.41. The van der Waals surface area contributed by atoms with E-state index in [1.165, 1.54) is 49.0 Å². The molecule has 1 amide bonds. The van der Waals surface area contributed by atoms with Gasteiger partial charge in [0, 0.05) is 10.9 Å². The number of carbonyl (C=O) groups excluding carboxylic acids is 2. The zero-order valence-electron chi connectivity index (χ0n) is 20.5. The molecule has 4 rings (SSSR count). The van der Waals surface area contributed by atoms with Crippen molar-refractivity contribution in [1.29, 1.82) is 0 Å². The van der Waals surface area contributed by atoms with Crippen LogP contribution < -0.4 is 5.32 Å². The van der Waals surface area contributed by atoms with Crippen LogP contribution in [0.15, 0.2) is 29.6 Å². The molecule has 1 aromatic heterocycles. The first kappa shape index (κ1) is 25.4. The van der Waals surface area contributed by atoms with E-state index in [2.05, 4.69) is 17.4 Å². The molecular weight excluding hydrogens is 462 g/mol. The molecule has 1 heterocycles. The van der Waals surface area contributed by atoms with Crippen LogP contribution in [0.4, 0.5) is 5.00 Å². The zero-order chi connectivity index (χ0) is 24.9. The lowest BCUT2D eigenvalue weighted by Gasteiger charge is -2.27. The molecule has 0 spiro atoms. The normalized spacial score (nSPS) is 21.0. The summed E-state index contributed by atoms with van der Waals surface area (Å²) in [5, 5.41) is 14.8. The Balaban J connectivity index is 1.61. The van der Waals surface area contributed by atoms with Gasteiger partial charge in [-0.15, -0.1) is 11.3 Å². The average Bonchev–Trinajstić information content (AvgIpc) is 3.27. The molecule has 6 nitrogen and oxygen atoms in total. The van der Waals surface area contributed by atoms with Gasteiger partial charge >= 0.3 is 11.9 Å². The highest BCUT2D eigenvalue weighted by Crippen LogP contribution is 2.39. The van der Waals surface area contributed by atoms with E-state index in [-0.39, 0.29) is 12.0 Å². The summed E-state index contributed by atoms with van der Waals surface area (Å²) < 4.78 is 5.53. The number of hydrogen-bond acceptors (Lipinski definition) is 5. The Kier molecular flexibility index (Phi) is 8.26. The summed E-state index contributed by atoms with van der Waals surface area (Å²) in [7, 11) is 0. The van der Waals surface area contributed by atoms with Crippen molar-refractivity contribution in [2.24, 2.45) is 11.8 Å². The van der Waals surface area contributed by atoms with Crippen molar-refractivity contribution < 1.29 is 24.2 Å². The van der Waals surface area contributed by atoms with Crippen molar-refractivity contribution in [3.63, 3.8) is 0 Å². The van der Waals surface area contributed by atoms with Crippen molar-refractivity contribution in [2.75, 3.05) is 5.32 Å². The Bertz CT molecular complexity index is 1050. The first-order valence-corrected chi connectivity index (χ1v) is 13.7. The Morgan fingerprint density at radius 3 is 2.20 bits per heavy atom. The molecule has 0 radical (unpaired) electrons. The number of carbonyl (C=O) groups is 3. The maximum Gasteiger partial charge on any atom is 0.342 e. The molecule has 1 aromatic carbocycles. The number of hydrogen-bond donors (Lipinski definition) is 2. The number of aliphatic carboxylic acids is 1. The van der Waals surface area contributed by atoms with Gasteiger partial charge in [0.15, 0.2) is 0 Å². The Hall–Kier alpha value is -2.67. The molecule has 35 heavy (non-hydrogen) atoms. The third-order valence-electron chi connectivity index (χ3n) is 7.29. The number of benzene rings is 1. The van der Waals surface area contributed by atoms with Gasteiger partial charge in [-0.05, 0) is 56.6 Å². The van der Waals surface area contributed by atoms with E-state index in [1.54, 1.807) is 13.8 Å². The van der Waals surface area contributed by atoms with Crippen LogP contribution in [-0.2, 0) is 14.3 Å². The van der Waals surface area contributed by atoms with Gasteiger partial charge in [0.25, 0.3) is 0 Å².